The average Bonchev–Trinajstić information content (AvgIpc) is 1.65. The SMILES string of the molecule is [C-]#[N+]C(=O)C(=C)C. The van der Waals surface area contributed by atoms with Gasteiger partial charge in [-0.25, -0.2) is 0 Å². The minimum atomic E-state index is -0.556. The third kappa shape index (κ3) is 1.72. The summed E-state index contributed by atoms with van der Waals surface area (Å²) in [5, 5.41) is 0. The van der Waals surface area contributed by atoms with Crippen LogP contribution in [0.2, 0.25) is 0 Å². The summed E-state index contributed by atoms with van der Waals surface area (Å²) in [5.74, 6) is -0.556. The van der Waals surface area contributed by atoms with Crippen molar-refractivity contribution in [2.45, 2.75) is 6.92 Å². The molecule has 0 spiro atoms. The highest BCUT2D eigenvalue weighted by molar-refractivity contribution is 5.99. The maximum absolute atomic E-state index is 10.1. The Morgan fingerprint density at radius 1 is 1.86 bits per heavy atom. The molecule has 0 aromatic rings. The zero-order chi connectivity index (χ0) is 5.86. The molecule has 1 amide bonds. The van der Waals surface area contributed by atoms with Crippen molar-refractivity contribution in [2.75, 3.05) is 0 Å². The minimum absolute atomic E-state index is 0.301. The Morgan fingerprint density at radius 3 is 2.29 bits per heavy atom. The second kappa shape index (κ2) is 2.14. The fourth-order valence-electron chi connectivity index (χ4n) is 0.0954. The zero-order valence-electron chi connectivity index (χ0n) is 4.06. The molecule has 0 aliphatic heterocycles. The Labute approximate surface area is 42.3 Å². The number of hydrogen-bond acceptors (Lipinski definition) is 1. The van der Waals surface area contributed by atoms with E-state index in [0.717, 1.165) is 0 Å². The van der Waals surface area contributed by atoms with Crippen LogP contribution in [-0.4, -0.2) is 5.91 Å². The number of rotatable bonds is 1. The van der Waals surface area contributed by atoms with Crippen LogP contribution >= 0.6 is 0 Å². The van der Waals surface area contributed by atoms with Gasteiger partial charge in [0.25, 0.3) is 0 Å². The third-order valence-corrected chi connectivity index (χ3v) is 0.467. The first-order valence-corrected chi connectivity index (χ1v) is 1.75. The minimum Gasteiger partial charge on any atom is -0.311 e. The van der Waals surface area contributed by atoms with E-state index in [1.165, 1.54) is 6.92 Å². The van der Waals surface area contributed by atoms with Gasteiger partial charge in [0.1, 0.15) is 0 Å². The van der Waals surface area contributed by atoms with Crippen molar-refractivity contribution < 1.29 is 4.79 Å². The normalized spacial score (nSPS) is 6.86. The summed E-state index contributed by atoms with van der Waals surface area (Å²) >= 11 is 0. The first-order valence-electron chi connectivity index (χ1n) is 1.75. The molecule has 0 aromatic heterocycles. The van der Waals surface area contributed by atoms with Gasteiger partial charge < -0.3 is 4.79 Å². The molecule has 0 fully saturated rings. The Hall–Kier alpha value is -1.10. The molecule has 0 saturated carbocycles. The van der Waals surface area contributed by atoms with Crippen LogP contribution in [0.15, 0.2) is 12.2 Å². The van der Waals surface area contributed by atoms with Gasteiger partial charge in [0, 0.05) is 0 Å². The lowest BCUT2D eigenvalue weighted by Gasteiger charge is -1.78. The van der Waals surface area contributed by atoms with Gasteiger partial charge in [-0.1, -0.05) is 0 Å². The lowest BCUT2D eigenvalue weighted by molar-refractivity contribution is -0.111. The second-order valence-electron chi connectivity index (χ2n) is 1.20. The molecule has 0 N–H and O–H groups in total. The van der Waals surface area contributed by atoms with Crippen LogP contribution in [-0.2, 0) is 4.79 Å². The molecular weight excluding hydrogens is 90.1 g/mol. The maximum Gasteiger partial charge on any atom is 0.381 e. The number of carbonyl (C=O) groups is 1. The number of hydrogen-bond donors (Lipinski definition) is 0. The lowest BCUT2D eigenvalue weighted by atomic mass is 10.3. The van der Waals surface area contributed by atoms with E-state index in [1.807, 2.05) is 0 Å². The topological polar surface area (TPSA) is 21.4 Å². The molecule has 36 valence electrons. The fourth-order valence-corrected chi connectivity index (χ4v) is 0.0954. The summed E-state index contributed by atoms with van der Waals surface area (Å²) in [4.78, 5) is 12.7. The highest BCUT2D eigenvalue weighted by Crippen LogP contribution is 1.87. The largest absolute Gasteiger partial charge is 0.381 e. The summed E-state index contributed by atoms with van der Waals surface area (Å²) in [5.41, 5.74) is 0.301. The van der Waals surface area contributed by atoms with E-state index in [0.29, 0.717) is 5.57 Å². The van der Waals surface area contributed by atoms with Crippen LogP contribution in [0.3, 0.4) is 0 Å². The summed E-state index contributed by atoms with van der Waals surface area (Å²) in [6, 6.07) is 0. The lowest BCUT2D eigenvalue weighted by Crippen LogP contribution is -1.86. The first kappa shape index (κ1) is 5.90. The van der Waals surface area contributed by atoms with Crippen LogP contribution in [0.1, 0.15) is 6.92 Å². The monoisotopic (exact) mass is 95.0 g/mol. The van der Waals surface area contributed by atoms with Gasteiger partial charge in [-0.05, 0) is 12.5 Å². The molecule has 0 heterocycles. The molecule has 0 rings (SSSR count). The van der Waals surface area contributed by atoms with Crippen LogP contribution in [0.25, 0.3) is 4.85 Å². The standard InChI is InChI=1S/C5H5NO/c1-4(2)5(7)6-3/h1H2,2H3. The second-order valence-corrected chi connectivity index (χ2v) is 1.20. The van der Waals surface area contributed by atoms with Gasteiger partial charge in [0.2, 0.25) is 0 Å². The van der Waals surface area contributed by atoms with E-state index < -0.39 is 5.91 Å². The van der Waals surface area contributed by atoms with Crippen LogP contribution in [0.5, 0.6) is 0 Å². The average molecular weight is 95.1 g/mol. The number of nitrogens with zero attached hydrogens (tertiary/aromatic N) is 1. The van der Waals surface area contributed by atoms with Crippen molar-refractivity contribution >= 4 is 5.91 Å². The summed E-state index contributed by atoms with van der Waals surface area (Å²) < 4.78 is 0. The van der Waals surface area contributed by atoms with Crippen molar-refractivity contribution in [3.05, 3.63) is 23.6 Å². The predicted octanol–water partition coefficient (Wildman–Crippen LogP) is 1.01. The molecule has 0 aliphatic carbocycles. The number of carbonyl (C=O) groups excluding carboxylic acids is 1. The van der Waals surface area contributed by atoms with Crippen molar-refractivity contribution in [1.29, 1.82) is 0 Å². The quantitative estimate of drug-likeness (QED) is 0.352. The molecule has 7 heavy (non-hydrogen) atoms. The third-order valence-electron chi connectivity index (χ3n) is 0.467. The predicted molar refractivity (Wildman–Crippen MR) is 26.4 cm³/mol. The highest BCUT2D eigenvalue weighted by atomic mass is 16.1. The van der Waals surface area contributed by atoms with Crippen molar-refractivity contribution in [1.82, 2.24) is 0 Å². The molecule has 0 aromatic carbocycles. The maximum atomic E-state index is 10.1. The molecule has 2 nitrogen and oxygen atoms in total. The molecule has 0 atom stereocenters. The fraction of sp³-hybridized carbons (Fsp3) is 0.200. The Morgan fingerprint density at radius 2 is 2.29 bits per heavy atom. The molecule has 0 radical (unpaired) electrons. The van der Waals surface area contributed by atoms with E-state index in [-0.39, 0.29) is 0 Å². The molecule has 2 heteroatoms. The van der Waals surface area contributed by atoms with Gasteiger partial charge in [-0.3, -0.25) is 0 Å². The molecular formula is C5H5NO. The Kier molecular flexibility index (Phi) is 1.80. The van der Waals surface area contributed by atoms with E-state index in [4.69, 9.17) is 6.57 Å². The van der Waals surface area contributed by atoms with Crippen LogP contribution in [0, 0.1) is 6.57 Å². The highest BCUT2D eigenvalue weighted by Gasteiger charge is 1.95. The van der Waals surface area contributed by atoms with Crippen LogP contribution in [0.4, 0.5) is 0 Å². The van der Waals surface area contributed by atoms with E-state index in [9.17, 15) is 4.79 Å². The summed E-state index contributed by atoms with van der Waals surface area (Å²) in [6.07, 6.45) is 0. The van der Waals surface area contributed by atoms with E-state index in [1.54, 1.807) is 0 Å². The molecule has 0 aliphatic rings. The van der Waals surface area contributed by atoms with Gasteiger partial charge in [0.15, 0.2) is 0 Å². The number of amides is 1. The zero-order valence-corrected chi connectivity index (χ0v) is 4.06. The van der Waals surface area contributed by atoms with Crippen molar-refractivity contribution in [2.24, 2.45) is 0 Å². The van der Waals surface area contributed by atoms with Gasteiger partial charge in [0.05, 0.1) is 6.57 Å². The van der Waals surface area contributed by atoms with Gasteiger partial charge in [-0.2, -0.15) is 4.85 Å². The van der Waals surface area contributed by atoms with E-state index in [2.05, 4.69) is 11.4 Å². The smallest absolute Gasteiger partial charge is 0.311 e. The molecule has 0 unspecified atom stereocenters. The molecule has 0 saturated heterocycles. The summed E-state index contributed by atoms with van der Waals surface area (Å²) in [6.45, 7) is 10.9. The molecule has 0 bridgehead atoms. The van der Waals surface area contributed by atoms with Crippen molar-refractivity contribution in [3.63, 3.8) is 0 Å². The van der Waals surface area contributed by atoms with Gasteiger partial charge >= 0.3 is 5.91 Å². The Bertz CT molecular complexity index is 141. The van der Waals surface area contributed by atoms with Gasteiger partial charge in [-0.15, -0.1) is 6.58 Å². The van der Waals surface area contributed by atoms with E-state index >= 15 is 0 Å². The van der Waals surface area contributed by atoms with Crippen LogP contribution < -0.4 is 0 Å². The van der Waals surface area contributed by atoms with Crippen molar-refractivity contribution in [3.8, 4) is 0 Å². The Balaban J connectivity index is 3.90. The summed E-state index contributed by atoms with van der Waals surface area (Å²) in [7, 11) is 0. The first-order chi connectivity index (χ1) is 3.18.